The molecular weight excluding hydrogens is 402 g/mol. The summed E-state index contributed by atoms with van der Waals surface area (Å²) >= 11 is 0. The average molecular weight is 432 g/mol. The number of esters is 1. The monoisotopic (exact) mass is 431 g/mol. The van der Waals surface area contributed by atoms with Crippen LogP contribution < -0.4 is 10.1 Å². The molecule has 5 nitrogen and oxygen atoms in total. The molecule has 0 aromatic heterocycles. The molecule has 0 bridgehead atoms. The van der Waals surface area contributed by atoms with Crippen LogP contribution in [0.3, 0.4) is 0 Å². The zero-order valence-corrected chi connectivity index (χ0v) is 18.6. The summed E-state index contributed by atoms with van der Waals surface area (Å²) in [7, 11) is 2.96. The van der Waals surface area contributed by atoms with Crippen LogP contribution in [-0.4, -0.2) is 26.1 Å². The van der Waals surface area contributed by atoms with Crippen LogP contribution in [0.4, 0.5) is 5.69 Å². The van der Waals surface area contributed by atoms with Gasteiger partial charge in [0.25, 0.3) is 0 Å². The third-order valence-corrected chi connectivity index (χ3v) is 6.29. The number of rotatable bonds is 7. The van der Waals surface area contributed by atoms with Gasteiger partial charge in [-0.15, -0.1) is 0 Å². The van der Waals surface area contributed by atoms with Crippen LogP contribution in [0.5, 0.6) is 5.75 Å². The van der Waals surface area contributed by atoms with Crippen LogP contribution in [0.1, 0.15) is 53.6 Å². The van der Waals surface area contributed by atoms with Gasteiger partial charge in [-0.1, -0.05) is 43.2 Å². The van der Waals surface area contributed by atoms with Crippen LogP contribution in [0.15, 0.2) is 54.6 Å². The van der Waals surface area contributed by atoms with Gasteiger partial charge in [-0.2, -0.15) is 0 Å². The molecule has 0 heterocycles. The molecule has 0 saturated heterocycles. The minimum atomic E-state index is -0.391. The summed E-state index contributed by atoms with van der Waals surface area (Å²) < 4.78 is 10.3. The van der Waals surface area contributed by atoms with E-state index in [0.717, 1.165) is 40.4 Å². The second-order valence-corrected chi connectivity index (χ2v) is 8.45. The summed E-state index contributed by atoms with van der Waals surface area (Å²) in [5.74, 6) is 0.865. The van der Waals surface area contributed by atoms with Crippen molar-refractivity contribution in [3.05, 3.63) is 71.3 Å². The fourth-order valence-electron chi connectivity index (χ4n) is 4.60. The maximum Gasteiger partial charge on any atom is 0.337 e. The Hall–Kier alpha value is -3.34. The van der Waals surface area contributed by atoms with Crippen molar-refractivity contribution in [3.63, 3.8) is 0 Å². The molecule has 0 aliphatic heterocycles. The van der Waals surface area contributed by atoms with Gasteiger partial charge in [-0.3, -0.25) is 4.79 Å². The Kier molecular flexibility index (Phi) is 6.74. The van der Waals surface area contributed by atoms with E-state index in [2.05, 4.69) is 17.4 Å². The maximum atomic E-state index is 12.5. The Morgan fingerprint density at radius 2 is 1.78 bits per heavy atom. The number of ether oxygens (including phenoxy) is 2. The predicted molar refractivity (Wildman–Crippen MR) is 126 cm³/mol. The number of hydrogen-bond acceptors (Lipinski definition) is 4. The highest BCUT2D eigenvalue weighted by Gasteiger charge is 2.18. The standard InChI is InChI=1S/C27H29NO4/c1-31-25-16-22(27(30)32-2)11-10-21(25)15-20-9-5-8-19-12-13-23(17-24(19)20)28-26(29)14-18-6-3-4-7-18/h5,8-13,16-18H,3-4,6-7,14-15H2,1-2H3,(H,28,29). The molecule has 32 heavy (non-hydrogen) atoms. The molecule has 1 amide bonds. The number of carbonyl (C=O) groups is 2. The topological polar surface area (TPSA) is 64.6 Å². The van der Waals surface area contributed by atoms with Gasteiger partial charge >= 0.3 is 5.97 Å². The second kappa shape index (κ2) is 9.86. The summed E-state index contributed by atoms with van der Waals surface area (Å²) in [5, 5.41) is 5.29. The lowest BCUT2D eigenvalue weighted by molar-refractivity contribution is -0.117. The van der Waals surface area contributed by atoms with Crippen molar-refractivity contribution in [2.75, 3.05) is 19.5 Å². The minimum Gasteiger partial charge on any atom is -0.496 e. The van der Waals surface area contributed by atoms with Crippen molar-refractivity contribution in [1.82, 2.24) is 0 Å². The van der Waals surface area contributed by atoms with E-state index in [1.165, 1.54) is 20.0 Å². The first-order chi connectivity index (χ1) is 15.6. The van der Waals surface area contributed by atoms with Gasteiger partial charge in [0, 0.05) is 18.5 Å². The van der Waals surface area contributed by atoms with E-state index >= 15 is 0 Å². The number of fused-ring (bicyclic) bond motifs is 1. The zero-order valence-electron chi connectivity index (χ0n) is 18.6. The molecule has 1 fully saturated rings. The fourth-order valence-corrected chi connectivity index (χ4v) is 4.60. The van der Waals surface area contributed by atoms with Gasteiger partial charge < -0.3 is 14.8 Å². The largest absolute Gasteiger partial charge is 0.496 e. The molecule has 1 aliphatic rings. The fraction of sp³-hybridized carbons (Fsp3) is 0.333. The number of carbonyl (C=O) groups excluding carboxylic acids is 2. The lowest BCUT2D eigenvalue weighted by Gasteiger charge is -2.14. The molecule has 4 rings (SSSR count). The van der Waals surface area contributed by atoms with E-state index in [9.17, 15) is 9.59 Å². The molecule has 166 valence electrons. The Balaban J connectivity index is 1.58. The molecule has 1 N–H and O–H groups in total. The van der Waals surface area contributed by atoms with E-state index in [1.54, 1.807) is 19.2 Å². The quantitative estimate of drug-likeness (QED) is 0.484. The predicted octanol–water partition coefficient (Wildman–Crippen LogP) is 5.74. The molecule has 0 radical (unpaired) electrons. The minimum absolute atomic E-state index is 0.0915. The molecule has 1 aliphatic carbocycles. The first-order valence-corrected chi connectivity index (χ1v) is 11.1. The van der Waals surface area contributed by atoms with Crippen LogP contribution in [0.25, 0.3) is 10.8 Å². The van der Waals surface area contributed by atoms with E-state index < -0.39 is 5.97 Å². The Bertz CT molecular complexity index is 1130. The third kappa shape index (κ3) is 4.93. The lowest BCUT2D eigenvalue weighted by Crippen LogP contribution is -2.15. The number of amides is 1. The summed E-state index contributed by atoms with van der Waals surface area (Å²) in [6.07, 6.45) is 6.03. The van der Waals surface area contributed by atoms with Crippen LogP contribution in [0, 0.1) is 5.92 Å². The van der Waals surface area contributed by atoms with E-state index in [-0.39, 0.29) is 5.91 Å². The average Bonchev–Trinajstić information content (AvgIpc) is 3.32. The number of methoxy groups -OCH3 is 2. The van der Waals surface area contributed by atoms with Crippen LogP contribution in [-0.2, 0) is 16.0 Å². The zero-order chi connectivity index (χ0) is 22.5. The summed E-state index contributed by atoms with van der Waals surface area (Å²) in [4.78, 5) is 24.4. The highest BCUT2D eigenvalue weighted by molar-refractivity contribution is 5.95. The van der Waals surface area contributed by atoms with Gasteiger partial charge in [0.1, 0.15) is 5.75 Å². The Labute approximate surface area is 188 Å². The van der Waals surface area contributed by atoms with Crippen LogP contribution >= 0.6 is 0 Å². The van der Waals surface area contributed by atoms with E-state index in [0.29, 0.717) is 30.1 Å². The SMILES string of the molecule is COC(=O)c1ccc(Cc2cccc3ccc(NC(=O)CC4CCCC4)cc23)c(OC)c1. The Morgan fingerprint density at radius 1 is 0.969 bits per heavy atom. The first kappa shape index (κ1) is 21.9. The van der Waals surface area contributed by atoms with Crippen molar-refractivity contribution < 1.29 is 19.1 Å². The molecule has 0 spiro atoms. The normalized spacial score (nSPS) is 13.8. The van der Waals surface area contributed by atoms with Crippen molar-refractivity contribution >= 4 is 28.3 Å². The lowest BCUT2D eigenvalue weighted by atomic mass is 9.96. The molecular formula is C27H29NO4. The van der Waals surface area contributed by atoms with Gasteiger partial charge in [0.05, 0.1) is 19.8 Å². The summed E-state index contributed by atoms with van der Waals surface area (Å²) in [6.45, 7) is 0. The highest BCUT2D eigenvalue weighted by Crippen LogP contribution is 2.30. The molecule has 0 atom stereocenters. The molecule has 3 aromatic rings. The van der Waals surface area contributed by atoms with Crippen molar-refractivity contribution in [1.29, 1.82) is 0 Å². The van der Waals surface area contributed by atoms with Crippen molar-refractivity contribution in [3.8, 4) is 5.75 Å². The number of benzene rings is 3. The van der Waals surface area contributed by atoms with Crippen molar-refractivity contribution in [2.45, 2.75) is 38.5 Å². The number of anilines is 1. The van der Waals surface area contributed by atoms with Gasteiger partial charge in [0.15, 0.2) is 0 Å². The number of hydrogen-bond donors (Lipinski definition) is 1. The third-order valence-electron chi connectivity index (χ3n) is 6.29. The summed E-state index contributed by atoms with van der Waals surface area (Å²) in [6, 6.07) is 17.6. The van der Waals surface area contributed by atoms with E-state index in [1.807, 2.05) is 30.3 Å². The molecule has 3 aromatic carbocycles. The smallest absolute Gasteiger partial charge is 0.337 e. The Morgan fingerprint density at radius 3 is 2.53 bits per heavy atom. The highest BCUT2D eigenvalue weighted by atomic mass is 16.5. The summed E-state index contributed by atoms with van der Waals surface area (Å²) in [5.41, 5.74) is 3.38. The van der Waals surface area contributed by atoms with Gasteiger partial charge in [-0.05, 0) is 64.9 Å². The molecule has 5 heteroatoms. The molecule has 1 saturated carbocycles. The second-order valence-electron chi connectivity index (χ2n) is 8.45. The molecule has 0 unspecified atom stereocenters. The van der Waals surface area contributed by atoms with Crippen molar-refractivity contribution in [2.24, 2.45) is 5.92 Å². The maximum absolute atomic E-state index is 12.5. The number of nitrogens with one attached hydrogen (secondary N) is 1. The van der Waals surface area contributed by atoms with Gasteiger partial charge in [-0.25, -0.2) is 4.79 Å². The van der Waals surface area contributed by atoms with Crippen LogP contribution in [0.2, 0.25) is 0 Å². The van der Waals surface area contributed by atoms with E-state index in [4.69, 9.17) is 9.47 Å². The first-order valence-electron chi connectivity index (χ1n) is 11.1. The van der Waals surface area contributed by atoms with Gasteiger partial charge in [0.2, 0.25) is 5.91 Å².